The Balaban J connectivity index is 2.18. The summed E-state index contributed by atoms with van der Waals surface area (Å²) in [4.78, 5) is 4.42. The Morgan fingerprint density at radius 1 is 1.14 bits per heavy atom. The molecular weight excluding hydrogens is 279 g/mol. The van der Waals surface area contributed by atoms with Crippen molar-refractivity contribution < 1.29 is 9.50 Å². The molecule has 0 fully saturated rings. The lowest BCUT2D eigenvalue weighted by Gasteiger charge is -2.20. The molecule has 0 unspecified atom stereocenters. The smallest absolute Gasteiger partial charge is 0.146 e. The second kappa shape index (κ2) is 7.47. The molecule has 0 saturated heterocycles. The van der Waals surface area contributed by atoms with Crippen LogP contribution in [-0.4, -0.2) is 22.7 Å². The number of halogens is 1. The Kier molecular flexibility index (Phi) is 5.63. The molecule has 3 nitrogen and oxygen atoms in total. The minimum Gasteiger partial charge on any atom is -0.395 e. The van der Waals surface area contributed by atoms with Crippen molar-refractivity contribution in [1.29, 1.82) is 0 Å². The molecule has 0 spiro atoms. The molecule has 2 rings (SSSR count). The second-order valence-electron chi connectivity index (χ2n) is 5.91. The fourth-order valence-electron chi connectivity index (χ4n) is 2.23. The lowest BCUT2D eigenvalue weighted by Crippen LogP contribution is -2.36. The van der Waals surface area contributed by atoms with Gasteiger partial charge in [-0.1, -0.05) is 43.7 Å². The molecule has 1 atom stereocenters. The van der Waals surface area contributed by atoms with Gasteiger partial charge in [-0.05, 0) is 25.0 Å². The summed E-state index contributed by atoms with van der Waals surface area (Å²) in [7, 11) is 0. The Hall–Kier alpha value is -1.78. The topological polar surface area (TPSA) is 45.1 Å². The van der Waals surface area contributed by atoms with Crippen LogP contribution < -0.4 is 5.32 Å². The van der Waals surface area contributed by atoms with Gasteiger partial charge in [0.15, 0.2) is 0 Å². The van der Waals surface area contributed by atoms with E-state index in [1.54, 1.807) is 6.07 Å². The van der Waals surface area contributed by atoms with Crippen molar-refractivity contribution >= 4 is 0 Å². The summed E-state index contributed by atoms with van der Waals surface area (Å²) in [5.41, 5.74) is 3.27. The first-order chi connectivity index (χ1) is 10.5. The van der Waals surface area contributed by atoms with Crippen LogP contribution in [0.15, 0.2) is 36.4 Å². The largest absolute Gasteiger partial charge is 0.395 e. The number of aromatic nitrogens is 1. The number of aliphatic hydroxyl groups is 1. The van der Waals surface area contributed by atoms with Crippen LogP contribution in [0.2, 0.25) is 0 Å². The maximum atomic E-state index is 13.9. The minimum atomic E-state index is -0.330. The fourth-order valence-corrected chi connectivity index (χ4v) is 2.23. The van der Waals surface area contributed by atoms with Gasteiger partial charge in [0.2, 0.25) is 0 Å². The fraction of sp³-hybridized carbons (Fsp3) is 0.389. The molecule has 4 heteroatoms. The van der Waals surface area contributed by atoms with E-state index >= 15 is 0 Å². The van der Waals surface area contributed by atoms with Crippen molar-refractivity contribution in [2.24, 2.45) is 5.92 Å². The highest BCUT2D eigenvalue weighted by atomic mass is 19.1. The van der Waals surface area contributed by atoms with Crippen molar-refractivity contribution in [3.05, 3.63) is 53.5 Å². The van der Waals surface area contributed by atoms with Crippen LogP contribution in [0, 0.1) is 18.7 Å². The summed E-state index contributed by atoms with van der Waals surface area (Å²) in [6.07, 6.45) is 0. The predicted molar refractivity (Wildman–Crippen MR) is 86.9 cm³/mol. The average molecular weight is 302 g/mol. The van der Waals surface area contributed by atoms with Crippen molar-refractivity contribution in [1.82, 2.24) is 10.3 Å². The van der Waals surface area contributed by atoms with Gasteiger partial charge < -0.3 is 10.4 Å². The van der Waals surface area contributed by atoms with Crippen LogP contribution in [0.5, 0.6) is 0 Å². The highest BCUT2D eigenvalue weighted by Gasteiger charge is 2.13. The van der Waals surface area contributed by atoms with E-state index in [2.05, 4.69) is 10.3 Å². The van der Waals surface area contributed by atoms with Gasteiger partial charge in [-0.25, -0.2) is 9.37 Å². The molecule has 0 aliphatic rings. The number of pyridine rings is 1. The van der Waals surface area contributed by atoms with Gasteiger partial charge in [0.1, 0.15) is 5.82 Å². The number of benzene rings is 1. The molecule has 0 radical (unpaired) electrons. The van der Waals surface area contributed by atoms with E-state index in [1.807, 2.05) is 45.0 Å². The summed E-state index contributed by atoms with van der Waals surface area (Å²) in [6.45, 7) is 6.38. The standard InChI is InChI=1S/C18H23FN2O/c1-12(2)18(11-22)20-10-17-15(19)8-9-16(21-17)14-6-4-13(3)5-7-14/h4-9,12,18,20,22H,10-11H2,1-3H3/t18-/m0/s1. The number of aryl methyl sites for hydroxylation is 1. The molecule has 2 N–H and O–H groups in total. The van der Waals surface area contributed by atoms with Gasteiger partial charge in [-0.15, -0.1) is 0 Å². The van der Waals surface area contributed by atoms with Crippen LogP contribution in [0.1, 0.15) is 25.1 Å². The van der Waals surface area contributed by atoms with Crippen molar-refractivity contribution in [3.63, 3.8) is 0 Å². The number of rotatable bonds is 6. The quantitative estimate of drug-likeness (QED) is 0.860. The third-order valence-electron chi connectivity index (χ3n) is 3.80. The summed E-state index contributed by atoms with van der Waals surface area (Å²) < 4.78 is 13.9. The Labute approximate surface area is 131 Å². The summed E-state index contributed by atoms with van der Waals surface area (Å²) in [5.74, 6) is -0.0582. The van der Waals surface area contributed by atoms with E-state index in [9.17, 15) is 9.50 Å². The van der Waals surface area contributed by atoms with E-state index in [-0.39, 0.29) is 24.4 Å². The molecule has 22 heavy (non-hydrogen) atoms. The van der Waals surface area contributed by atoms with Gasteiger partial charge in [0, 0.05) is 18.2 Å². The highest BCUT2D eigenvalue weighted by molar-refractivity contribution is 5.59. The van der Waals surface area contributed by atoms with Gasteiger partial charge in [0.25, 0.3) is 0 Å². The average Bonchev–Trinajstić information content (AvgIpc) is 2.50. The van der Waals surface area contributed by atoms with E-state index in [0.717, 1.165) is 11.3 Å². The van der Waals surface area contributed by atoms with Gasteiger partial charge in [0.05, 0.1) is 18.0 Å². The third kappa shape index (κ3) is 4.12. The van der Waals surface area contributed by atoms with Gasteiger partial charge >= 0.3 is 0 Å². The van der Waals surface area contributed by atoms with E-state index < -0.39 is 0 Å². The van der Waals surface area contributed by atoms with Crippen LogP contribution in [0.25, 0.3) is 11.3 Å². The summed E-state index contributed by atoms with van der Waals surface area (Å²) in [6, 6.07) is 11.1. The number of nitrogens with zero attached hydrogens (tertiary/aromatic N) is 1. The first-order valence-electron chi connectivity index (χ1n) is 7.58. The van der Waals surface area contributed by atoms with Gasteiger partial charge in [-0.3, -0.25) is 0 Å². The number of aliphatic hydroxyl groups excluding tert-OH is 1. The monoisotopic (exact) mass is 302 g/mol. The van der Waals surface area contributed by atoms with Crippen LogP contribution in [0.3, 0.4) is 0 Å². The van der Waals surface area contributed by atoms with Crippen LogP contribution >= 0.6 is 0 Å². The van der Waals surface area contributed by atoms with E-state index in [1.165, 1.54) is 11.6 Å². The first kappa shape index (κ1) is 16.6. The molecule has 118 valence electrons. The minimum absolute atomic E-state index is 0.0247. The number of hydrogen-bond acceptors (Lipinski definition) is 3. The van der Waals surface area contributed by atoms with Crippen LogP contribution in [0.4, 0.5) is 4.39 Å². The second-order valence-corrected chi connectivity index (χ2v) is 5.91. The Morgan fingerprint density at radius 2 is 1.82 bits per heavy atom. The summed E-state index contributed by atoms with van der Waals surface area (Å²) >= 11 is 0. The first-order valence-corrected chi connectivity index (χ1v) is 7.58. The maximum absolute atomic E-state index is 13.9. The molecule has 0 aliphatic heterocycles. The lowest BCUT2D eigenvalue weighted by molar-refractivity contribution is 0.209. The van der Waals surface area contributed by atoms with Crippen molar-refractivity contribution in [3.8, 4) is 11.3 Å². The number of hydrogen-bond donors (Lipinski definition) is 2. The molecule has 0 amide bonds. The molecule has 0 saturated carbocycles. The zero-order valence-corrected chi connectivity index (χ0v) is 13.3. The van der Waals surface area contributed by atoms with Crippen LogP contribution in [-0.2, 0) is 6.54 Å². The molecule has 1 aromatic heterocycles. The van der Waals surface area contributed by atoms with E-state index in [4.69, 9.17) is 0 Å². The maximum Gasteiger partial charge on any atom is 0.146 e. The Bertz CT molecular complexity index is 611. The van der Waals surface area contributed by atoms with Crippen molar-refractivity contribution in [2.45, 2.75) is 33.4 Å². The molecule has 0 aliphatic carbocycles. The predicted octanol–water partition coefficient (Wildman–Crippen LogP) is 3.30. The zero-order valence-electron chi connectivity index (χ0n) is 13.3. The highest BCUT2D eigenvalue weighted by Crippen LogP contribution is 2.19. The molecular formula is C18H23FN2O. The summed E-state index contributed by atoms with van der Waals surface area (Å²) in [5, 5.41) is 12.5. The zero-order chi connectivity index (χ0) is 16.1. The number of nitrogens with one attached hydrogen (secondary N) is 1. The SMILES string of the molecule is Cc1ccc(-c2ccc(F)c(CN[C@@H](CO)C(C)C)n2)cc1. The molecule has 0 bridgehead atoms. The normalized spacial score (nSPS) is 12.6. The third-order valence-corrected chi connectivity index (χ3v) is 3.80. The van der Waals surface area contributed by atoms with Gasteiger partial charge in [-0.2, -0.15) is 0 Å². The molecule has 1 aromatic carbocycles. The molecule has 1 heterocycles. The molecule has 2 aromatic rings. The lowest BCUT2D eigenvalue weighted by atomic mass is 10.1. The van der Waals surface area contributed by atoms with Crippen molar-refractivity contribution in [2.75, 3.05) is 6.61 Å². The van der Waals surface area contributed by atoms with E-state index in [0.29, 0.717) is 12.2 Å². The Morgan fingerprint density at radius 3 is 2.41 bits per heavy atom.